The van der Waals surface area contributed by atoms with E-state index < -0.39 is 6.04 Å². The average Bonchev–Trinajstić information content (AvgIpc) is 3.35. The number of hydrogen-bond donors (Lipinski definition) is 4. The first kappa shape index (κ1) is 20.4. The largest absolute Gasteiger partial charge is 0.508 e. The number of amides is 1. The van der Waals surface area contributed by atoms with E-state index in [2.05, 4.69) is 10.9 Å². The molecule has 2 saturated heterocycles. The molecule has 0 saturated carbocycles. The normalized spacial score (nSPS) is 24.5. The molecule has 0 spiro atoms. The standard InChI is InChI=1S/C25H25N3O4/c1-32-18-12-6-15(7-13-18)14-28-24(16-8-10-17(29)11-9-16)21-22(26-27-23(21)25(28)31)19-4-2-3-5-20(19)30/h2-13,21-24,26-27,29-30H,14H2,1H3. The Bertz CT molecular complexity index is 1120. The minimum atomic E-state index is -0.434. The van der Waals surface area contributed by atoms with Crippen molar-refractivity contribution in [2.75, 3.05) is 7.11 Å². The maximum atomic E-state index is 13.5. The molecule has 4 unspecified atom stereocenters. The molecular formula is C25H25N3O4. The lowest BCUT2D eigenvalue weighted by Crippen LogP contribution is -2.41. The van der Waals surface area contributed by atoms with Crippen LogP contribution >= 0.6 is 0 Å². The van der Waals surface area contributed by atoms with Crippen molar-refractivity contribution in [2.45, 2.75) is 24.7 Å². The maximum absolute atomic E-state index is 13.5. The first-order valence-electron chi connectivity index (χ1n) is 10.6. The van der Waals surface area contributed by atoms with Gasteiger partial charge in [0.2, 0.25) is 5.91 Å². The number of hydrazine groups is 1. The number of carbonyl (C=O) groups excluding carboxylic acids is 1. The molecule has 3 aromatic carbocycles. The Morgan fingerprint density at radius 3 is 2.28 bits per heavy atom. The van der Waals surface area contributed by atoms with Crippen LogP contribution in [-0.2, 0) is 11.3 Å². The SMILES string of the molecule is COc1ccc(CN2C(=O)C3NNC(c4ccccc4O)C3C2c2ccc(O)cc2)cc1. The zero-order valence-electron chi connectivity index (χ0n) is 17.6. The molecule has 7 nitrogen and oxygen atoms in total. The molecule has 5 rings (SSSR count). The van der Waals surface area contributed by atoms with E-state index in [1.807, 2.05) is 53.4 Å². The second-order valence-corrected chi connectivity index (χ2v) is 8.23. The second-order valence-electron chi connectivity index (χ2n) is 8.23. The van der Waals surface area contributed by atoms with Gasteiger partial charge in [0.05, 0.1) is 19.2 Å². The predicted molar refractivity (Wildman–Crippen MR) is 119 cm³/mol. The summed E-state index contributed by atoms with van der Waals surface area (Å²) in [5, 5.41) is 20.3. The van der Waals surface area contributed by atoms with Crippen LogP contribution in [0.3, 0.4) is 0 Å². The number of rotatable bonds is 5. The molecule has 2 aliphatic heterocycles. The molecule has 2 aliphatic rings. The van der Waals surface area contributed by atoms with E-state index in [0.717, 1.165) is 22.4 Å². The fourth-order valence-electron chi connectivity index (χ4n) is 4.89. The number of phenolic OH excluding ortho intramolecular Hbond substituents is 2. The smallest absolute Gasteiger partial charge is 0.242 e. The Morgan fingerprint density at radius 2 is 1.59 bits per heavy atom. The zero-order chi connectivity index (χ0) is 22.2. The van der Waals surface area contributed by atoms with Crippen molar-refractivity contribution in [3.05, 3.63) is 89.5 Å². The van der Waals surface area contributed by atoms with E-state index in [-0.39, 0.29) is 35.4 Å². The van der Waals surface area contributed by atoms with Crippen LogP contribution in [0.4, 0.5) is 0 Å². The van der Waals surface area contributed by atoms with E-state index in [4.69, 9.17) is 4.74 Å². The highest BCUT2D eigenvalue weighted by Crippen LogP contribution is 2.49. The summed E-state index contributed by atoms with van der Waals surface area (Å²) >= 11 is 0. The number of likely N-dealkylation sites (tertiary alicyclic amines) is 1. The van der Waals surface area contributed by atoms with Crippen molar-refractivity contribution in [1.82, 2.24) is 15.8 Å². The van der Waals surface area contributed by atoms with Gasteiger partial charge >= 0.3 is 0 Å². The molecule has 3 aromatic rings. The molecular weight excluding hydrogens is 406 g/mol. The fraction of sp³-hybridized carbons (Fsp3) is 0.240. The highest BCUT2D eigenvalue weighted by Gasteiger charge is 2.55. The van der Waals surface area contributed by atoms with Crippen LogP contribution < -0.4 is 15.6 Å². The summed E-state index contributed by atoms with van der Waals surface area (Å²) in [5.74, 6) is 0.973. The van der Waals surface area contributed by atoms with Crippen molar-refractivity contribution in [3.63, 3.8) is 0 Å². The Morgan fingerprint density at radius 1 is 0.906 bits per heavy atom. The summed E-state index contributed by atoms with van der Waals surface area (Å²) in [4.78, 5) is 15.4. The highest BCUT2D eigenvalue weighted by atomic mass is 16.5. The van der Waals surface area contributed by atoms with Gasteiger partial charge in [0.1, 0.15) is 23.3 Å². The van der Waals surface area contributed by atoms with Gasteiger partial charge in [-0.2, -0.15) is 0 Å². The molecule has 164 valence electrons. The number of benzene rings is 3. The van der Waals surface area contributed by atoms with Crippen molar-refractivity contribution >= 4 is 5.91 Å². The molecule has 2 fully saturated rings. The zero-order valence-corrected chi connectivity index (χ0v) is 17.6. The number of fused-ring (bicyclic) bond motifs is 1. The van der Waals surface area contributed by atoms with E-state index in [9.17, 15) is 15.0 Å². The van der Waals surface area contributed by atoms with Gasteiger partial charge < -0.3 is 19.8 Å². The number of nitrogens with one attached hydrogen (secondary N) is 2. The number of carbonyl (C=O) groups is 1. The van der Waals surface area contributed by atoms with Crippen molar-refractivity contribution < 1.29 is 19.7 Å². The van der Waals surface area contributed by atoms with Crippen LogP contribution in [0.1, 0.15) is 28.8 Å². The molecule has 32 heavy (non-hydrogen) atoms. The average molecular weight is 431 g/mol. The monoisotopic (exact) mass is 431 g/mol. The lowest BCUT2D eigenvalue weighted by Gasteiger charge is -2.31. The molecule has 0 aromatic heterocycles. The summed E-state index contributed by atoms with van der Waals surface area (Å²) in [6.45, 7) is 0.441. The third kappa shape index (κ3) is 3.45. The molecule has 2 heterocycles. The number of phenols is 2. The number of nitrogens with zero attached hydrogens (tertiary/aromatic N) is 1. The van der Waals surface area contributed by atoms with Gasteiger partial charge in [0.25, 0.3) is 0 Å². The summed E-state index contributed by atoms with van der Waals surface area (Å²) < 4.78 is 5.25. The molecule has 4 N–H and O–H groups in total. The molecule has 1 amide bonds. The molecule has 0 radical (unpaired) electrons. The Kier molecular flexibility index (Phi) is 5.20. The first-order chi connectivity index (χ1) is 15.6. The fourth-order valence-corrected chi connectivity index (χ4v) is 4.89. The first-order valence-corrected chi connectivity index (χ1v) is 10.6. The van der Waals surface area contributed by atoms with E-state index in [1.165, 1.54) is 0 Å². The van der Waals surface area contributed by atoms with Gasteiger partial charge in [-0.25, -0.2) is 10.9 Å². The Labute approximate surface area is 186 Å². The van der Waals surface area contributed by atoms with Crippen LogP contribution in [0.15, 0.2) is 72.8 Å². The summed E-state index contributed by atoms with van der Waals surface area (Å²) in [6.07, 6.45) is 0. The number of aromatic hydroxyl groups is 2. The predicted octanol–water partition coefficient (Wildman–Crippen LogP) is 3.02. The minimum absolute atomic E-state index is 0.00526. The van der Waals surface area contributed by atoms with Crippen LogP contribution in [0.25, 0.3) is 0 Å². The maximum Gasteiger partial charge on any atom is 0.242 e. The van der Waals surface area contributed by atoms with E-state index in [1.54, 1.807) is 31.4 Å². The van der Waals surface area contributed by atoms with Gasteiger partial charge in [-0.1, -0.05) is 42.5 Å². The summed E-state index contributed by atoms with van der Waals surface area (Å²) in [6, 6.07) is 20.9. The van der Waals surface area contributed by atoms with Crippen LogP contribution in [0, 0.1) is 5.92 Å². The minimum Gasteiger partial charge on any atom is -0.508 e. The number of methoxy groups -OCH3 is 1. The van der Waals surface area contributed by atoms with Gasteiger partial charge in [0.15, 0.2) is 0 Å². The number of para-hydroxylation sites is 1. The summed E-state index contributed by atoms with van der Waals surface area (Å²) in [5.41, 5.74) is 9.08. The van der Waals surface area contributed by atoms with Crippen molar-refractivity contribution in [1.29, 1.82) is 0 Å². The number of hydrogen-bond acceptors (Lipinski definition) is 6. The van der Waals surface area contributed by atoms with Gasteiger partial charge in [-0.15, -0.1) is 0 Å². The van der Waals surface area contributed by atoms with Crippen LogP contribution in [0.5, 0.6) is 17.2 Å². The highest BCUT2D eigenvalue weighted by molar-refractivity contribution is 5.86. The van der Waals surface area contributed by atoms with Crippen molar-refractivity contribution in [2.24, 2.45) is 5.92 Å². The van der Waals surface area contributed by atoms with Crippen molar-refractivity contribution in [3.8, 4) is 17.2 Å². The quantitative estimate of drug-likeness (QED) is 0.496. The van der Waals surface area contributed by atoms with E-state index >= 15 is 0 Å². The molecule has 4 atom stereocenters. The van der Waals surface area contributed by atoms with Gasteiger partial charge in [-0.3, -0.25) is 4.79 Å². The third-order valence-electron chi connectivity index (χ3n) is 6.43. The van der Waals surface area contributed by atoms with Gasteiger partial charge in [0, 0.05) is 18.0 Å². The lowest BCUT2D eigenvalue weighted by molar-refractivity contribution is -0.131. The van der Waals surface area contributed by atoms with Gasteiger partial charge in [-0.05, 0) is 41.5 Å². The number of ether oxygens (including phenoxy) is 1. The van der Waals surface area contributed by atoms with E-state index in [0.29, 0.717) is 6.54 Å². The molecule has 0 aliphatic carbocycles. The summed E-state index contributed by atoms with van der Waals surface area (Å²) in [7, 11) is 1.62. The second kappa shape index (κ2) is 8.18. The Hall–Kier alpha value is -3.55. The molecule has 0 bridgehead atoms. The van der Waals surface area contributed by atoms with Crippen LogP contribution in [-0.4, -0.2) is 34.2 Å². The Balaban J connectivity index is 1.55. The van der Waals surface area contributed by atoms with Crippen LogP contribution in [0.2, 0.25) is 0 Å². The third-order valence-corrected chi connectivity index (χ3v) is 6.43. The topological polar surface area (TPSA) is 94.1 Å². The molecule has 7 heteroatoms. The lowest BCUT2D eigenvalue weighted by atomic mass is 9.83.